The van der Waals surface area contributed by atoms with Gasteiger partial charge in [0.15, 0.2) is 0 Å². The van der Waals surface area contributed by atoms with E-state index in [4.69, 9.17) is 4.74 Å². The molecule has 6 heteroatoms. The van der Waals surface area contributed by atoms with E-state index in [-0.39, 0.29) is 30.5 Å². The largest absolute Gasteiger partial charge is 0.370 e. The highest BCUT2D eigenvalue weighted by Crippen LogP contribution is 2.39. The Morgan fingerprint density at radius 3 is 2.89 bits per heavy atom. The quantitative estimate of drug-likeness (QED) is 0.859. The molecule has 0 radical (unpaired) electrons. The van der Waals surface area contributed by atoms with Crippen molar-refractivity contribution in [1.82, 2.24) is 5.32 Å². The average Bonchev–Trinajstić information content (AvgIpc) is 3.04. The summed E-state index contributed by atoms with van der Waals surface area (Å²) in [5.74, 6) is 0.0830. The number of morpholine rings is 1. The number of carbonyl (C=O) groups excluding carboxylic acids is 2. The molecule has 0 spiro atoms. The predicted molar refractivity (Wildman–Crippen MR) is 109 cm³/mol. The molecular formula is C22H25N3O3. The van der Waals surface area contributed by atoms with Crippen LogP contribution in [0.3, 0.4) is 0 Å². The lowest BCUT2D eigenvalue weighted by Gasteiger charge is -2.26. The van der Waals surface area contributed by atoms with Gasteiger partial charge in [-0.05, 0) is 49.1 Å². The molecule has 2 aromatic carbocycles. The molecule has 4 rings (SSSR count). The third-order valence-corrected chi connectivity index (χ3v) is 5.44. The maximum atomic E-state index is 13.1. The van der Waals surface area contributed by atoms with Crippen LogP contribution in [0.5, 0.6) is 0 Å². The molecule has 2 aliphatic heterocycles. The number of rotatable bonds is 3. The van der Waals surface area contributed by atoms with E-state index in [1.807, 2.05) is 50.2 Å². The van der Waals surface area contributed by atoms with Crippen molar-refractivity contribution >= 4 is 23.3 Å². The zero-order valence-corrected chi connectivity index (χ0v) is 16.2. The lowest BCUT2D eigenvalue weighted by Crippen LogP contribution is -2.46. The normalized spacial score (nSPS) is 21.2. The van der Waals surface area contributed by atoms with E-state index in [0.717, 1.165) is 34.5 Å². The first kappa shape index (κ1) is 18.5. The maximum Gasteiger partial charge on any atom is 0.326 e. The van der Waals surface area contributed by atoms with Crippen molar-refractivity contribution in [3.05, 3.63) is 59.2 Å². The first-order chi connectivity index (χ1) is 13.5. The third-order valence-electron chi connectivity index (χ3n) is 5.44. The molecule has 1 fully saturated rings. The number of carbonyl (C=O) groups is 2. The Kier molecular flexibility index (Phi) is 5.05. The van der Waals surface area contributed by atoms with Crippen molar-refractivity contribution in [3.8, 4) is 0 Å². The van der Waals surface area contributed by atoms with E-state index in [2.05, 4.69) is 16.7 Å². The summed E-state index contributed by atoms with van der Waals surface area (Å²) in [4.78, 5) is 26.5. The van der Waals surface area contributed by atoms with Gasteiger partial charge in [-0.2, -0.15) is 0 Å². The first-order valence-electron chi connectivity index (χ1n) is 9.63. The Labute approximate surface area is 164 Å². The number of anilines is 2. The van der Waals surface area contributed by atoms with Crippen LogP contribution in [0.4, 0.5) is 16.2 Å². The number of ether oxygens (including phenoxy) is 1. The van der Waals surface area contributed by atoms with Gasteiger partial charge in [-0.3, -0.25) is 9.69 Å². The van der Waals surface area contributed by atoms with Crippen molar-refractivity contribution in [2.75, 3.05) is 30.0 Å². The van der Waals surface area contributed by atoms with Gasteiger partial charge in [-0.15, -0.1) is 0 Å². The van der Waals surface area contributed by atoms with Gasteiger partial charge < -0.3 is 15.4 Å². The van der Waals surface area contributed by atoms with Crippen LogP contribution in [-0.4, -0.2) is 37.7 Å². The highest BCUT2D eigenvalue weighted by atomic mass is 16.5. The molecule has 0 aliphatic carbocycles. The SMILES string of the molecule is Cc1ccc(C)c(NC(=O)N2CC(CC3COCC(=O)N3)c3ccccc32)c1. The molecule has 2 atom stereocenters. The summed E-state index contributed by atoms with van der Waals surface area (Å²) in [6, 6.07) is 13.9. The van der Waals surface area contributed by atoms with Gasteiger partial charge in [0.2, 0.25) is 5.91 Å². The number of urea groups is 1. The topological polar surface area (TPSA) is 70.7 Å². The zero-order valence-electron chi connectivity index (χ0n) is 16.2. The Hall–Kier alpha value is -2.86. The summed E-state index contributed by atoms with van der Waals surface area (Å²) in [6.07, 6.45) is 0.746. The molecule has 0 bridgehead atoms. The molecule has 2 N–H and O–H groups in total. The van der Waals surface area contributed by atoms with Gasteiger partial charge in [0.1, 0.15) is 6.61 Å². The summed E-state index contributed by atoms with van der Waals surface area (Å²) >= 11 is 0. The van der Waals surface area contributed by atoms with Gasteiger partial charge in [-0.1, -0.05) is 30.3 Å². The van der Waals surface area contributed by atoms with E-state index < -0.39 is 0 Å². The van der Waals surface area contributed by atoms with Crippen LogP contribution in [0.25, 0.3) is 0 Å². The third kappa shape index (κ3) is 3.73. The maximum absolute atomic E-state index is 13.1. The minimum Gasteiger partial charge on any atom is -0.370 e. The van der Waals surface area contributed by atoms with Crippen LogP contribution in [-0.2, 0) is 9.53 Å². The fourth-order valence-electron chi connectivity index (χ4n) is 4.02. The van der Waals surface area contributed by atoms with Crippen LogP contribution in [0.2, 0.25) is 0 Å². The van der Waals surface area contributed by atoms with Crippen LogP contribution in [0.15, 0.2) is 42.5 Å². The highest BCUT2D eigenvalue weighted by molar-refractivity contribution is 6.03. The Morgan fingerprint density at radius 1 is 1.25 bits per heavy atom. The second-order valence-corrected chi connectivity index (χ2v) is 7.63. The van der Waals surface area contributed by atoms with Crippen molar-refractivity contribution in [3.63, 3.8) is 0 Å². The molecule has 146 valence electrons. The van der Waals surface area contributed by atoms with Crippen molar-refractivity contribution < 1.29 is 14.3 Å². The standard InChI is InChI=1S/C22H25N3O3/c1-14-7-8-15(2)19(9-14)24-22(27)25-11-16(18-5-3-4-6-20(18)25)10-17-12-28-13-21(26)23-17/h3-9,16-17H,10-13H2,1-2H3,(H,23,26)(H,24,27). The minimum atomic E-state index is -0.132. The summed E-state index contributed by atoms with van der Waals surface area (Å²) in [6.45, 7) is 5.22. The lowest BCUT2D eigenvalue weighted by molar-refractivity contribution is -0.131. The van der Waals surface area contributed by atoms with Gasteiger partial charge >= 0.3 is 6.03 Å². The minimum absolute atomic E-state index is 0.0265. The van der Waals surface area contributed by atoms with Crippen LogP contribution < -0.4 is 15.5 Å². The van der Waals surface area contributed by atoms with E-state index in [1.165, 1.54) is 0 Å². The van der Waals surface area contributed by atoms with Gasteiger partial charge in [0.25, 0.3) is 0 Å². The number of nitrogens with one attached hydrogen (secondary N) is 2. The van der Waals surface area contributed by atoms with Crippen molar-refractivity contribution in [2.45, 2.75) is 32.2 Å². The molecular weight excluding hydrogens is 354 g/mol. The van der Waals surface area contributed by atoms with E-state index in [0.29, 0.717) is 13.2 Å². The van der Waals surface area contributed by atoms with Gasteiger partial charge in [-0.25, -0.2) is 4.79 Å². The molecule has 28 heavy (non-hydrogen) atoms. The second-order valence-electron chi connectivity index (χ2n) is 7.63. The number of para-hydroxylation sites is 1. The summed E-state index contributed by atoms with van der Waals surface area (Å²) in [5.41, 5.74) is 5.04. The molecule has 3 amide bonds. The zero-order chi connectivity index (χ0) is 19.7. The summed E-state index contributed by atoms with van der Waals surface area (Å²) in [5, 5.41) is 6.05. The summed E-state index contributed by atoms with van der Waals surface area (Å²) in [7, 11) is 0. The fraction of sp³-hybridized carbons (Fsp3) is 0.364. The monoisotopic (exact) mass is 379 g/mol. The molecule has 2 heterocycles. The number of nitrogens with zero attached hydrogens (tertiary/aromatic N) is 1. The summed E-state index contributed by atoms with van der Waals surface area (Å²) < 4.78 is 5.37. The molecule has 2 aromatic rings. The smallest absolute Gasteiger partial charge is 0.326 e. The van der Waals surface area contributed by atoms with Crippen LogP contribution >= 0.6 is 0 Å². The number of benzene rings is 2. The molecule has 2 aliphatic rings. The highest BCUT2D eigenvalue weighted by Gasteiger charge is 2.34. The molecule has 0 saturated carbocycles. The molecule has 0 aromatic heterocycles. The van der Waals surface area contributed by atoms with Crippen LogP contribution in [0.1, 0.15) is 29.0 Å². The lowest BCUT2D eigenvalue weighted by atomic mass is 9.94. The Balaban J connectivity index is 1.52. The number of aryl methyl sites for hydroxylation is 2. The molecule has 6 nitrogen and oxygen atoms in total. The van der Waals surface area contributed by atoms with E-state index in [9.17, 15) is 9.59 Å². The van der Waals surface area contributed by atoms with Gasteiger partial charge in [0, 0.05) is 23.8 Å². The van der Waals surface area contributed by atoms with Crippen molar-refractivity contribution in [2.24, 2.45) is 0 Å². The Bertz CT molecular complexity index is 912. The Morgan fingerprint density at radius 2 is 2.07 bits per heavy atom. The second kappa shape index (κ2) is 7.64. The molecule has 2 unspecified atom stereocenters. The predicted octanol–water partition coefficient (Wildman–Crippen LogP) is 3.34. The van der Waals surface area contributed by atoms with E-state index >= 15 is 0 Å². The average molecular weight is 379 g/mol. The van der Waals surface area contributed by atoms with Crippen LogP contribution in [0, 0.1) is 13.8 Å². The van der Waals surface area contributed by atoms with E-state index in [1.54, 1.807) is 4.90 Å². The number of hydrogen-bond donors (Lipinski definition) is 2. The van der Waals surface area contributed by atoms with Gasteiger partial charge in [0.05, 0.1) is 12.6 Å². The fourth-order valence-corrected chi connectivity index (χ4v) is 4.02. The van der Waals surface area contributed by atoms with Crippen molar-refractivity contribution in [1.29, 1.82) is 0 Å². The number of hydrogen-bond acceptors (Lipinski definition) is 3. The number of fused-ring (bicyclic) bond motifs is 1. The number of amides is 3. The first-order valence-corrected chi connectivity index (χ1v) is 9.63. The molecule has 1 saturated heterocycles.